The van der Waals surface area contributed by atoms with Gasteiger partial charge in [-0.2, -0.15) is 0 Å². The average molecular weight is 800 g/mol. The van der Waals surface area contributed by atoms with Crippen molar-refractivity contribution in [2.45, 2.75) is 120 Å². The van der Waals surface area contributed by atoms with E-state index in [2.05, 4.69) is 15.0 Å². The van der Waals surface area contributed by atoms with Crippen LogP contribution >= 0.6 is 0 Å². The highest BCUT2D eigenvalue weighted by Crippen LogP contribution is 2.48. The number of pyridine rings is 1. The zero-order valence-corrected chi connectivity index (χ0v) is 33.7. The van der Waals surface area contributed by atoms with Gasteiger partial charge in [0.2, 0.25) is 27.7 Å². The van der Waals surface area contributed by atoms with Gasteiger partial charge in [0.15, 0.2) is 0 Å². The van der Waals surface area contributed by atoms with Crippen molar-refractivity contribution in [3.8, 4) is 11.6 Å². The van der Waals surface area contributed by atoms with Crippen molar-refractivity contribution in [1.82, 2.24) is 24.8 Å². The fraction of sp³-hybridized carbons (Fsp3) is 0.625. The van der Waals surface area contributed by atoms with Gasteiger partial charge in [-0.05, 0) is 76.7 Å². The molecule has 2 saturated carbocycles. The lowest BCUT2D eigenvalue weighted by Gasteiger charge is -2.45. The monoisotopic (exact) mass is 799 g/mol. The minimum atomic E-state index is -4.40. The number of halogens is 1. The number of hydrogen-bond donors (Lipinski definition) is 3. The summed E-state index contributed by atoms with van der Waals surface area (Å²) < 4.78 is 52.6. The molecule has 56 heavy (non-hydrogen) atoms. The first-order valence-electron chi connectivity index (χ1n) is 19.5. The number of rotatable bonds is 10. The zero-order chi connectivity index (χ0) is 40.8. The van der Waals surface area contributed by atoms with Crippen LogP contribution in [-0.4, -0.2) is 106 Å². The summed E-state index contributed by atoms with van der Waals surface area (Å²) in [4.78, 5) is 63.8. The standard InChI is InChI=1S/C40H54FN5O9S/c1-7-38(4,5)46(37(50)51)32-25(3)18-24(2)12-8-9-13-26-20-40(26,36(49)44-56(52,53)39(23-41)16-17-39)43-33(47)30-19-27(22-45(30)35(32)48)55-34-29-15-11-10-14-28(29)31(54-6)21-42-34/h9-11,13-15,21,24-27,30,32H,7-8,12,16-20,22-23H2,1-6H3,(H,43,47)(H,44,49)(H,50,51)/t24-,25-,26-,27-,30+,32+,40-/m1/s1. The van der Waals surface area contributed by atoms with Crippen molar-refractivity contribution < 1.29 is 46.6 Å². The van der Waals surface area contributed by atoms with Gasteiger partial charge in [-0.25, -0.2) is 22.6 Å². The molecule has 1 aromatic heterocycles. The number of carbonyl (C=O) groups excluding carboxylic acids is 3. The van der Waals surface area contributed by atoms with E-state index in [1.807, 2.05) is 51.1 Å². The van der Waals surface area contributed by atoms with Gasteiger partial charge in [0.25, 0.3) is 5.91 Å². The lowest BCUT2D eigenvalue weighted by molar-refractivity contribution is -0.146. The Labute approximate surface area is 327 Å². The molecule has 3 heterocycles. The summed E-state index contributed by atoms with van der Waals surface area (Å²) in [5, 5.41) is 14.9. The van der Waals surface area contributed by atoms with Crippen LogP contribution in [-0.2, 0) is 24.4 Å². The molecule has 1 aromatic carbocycles. The Morgan fingerprint density at radius 3 is 2.48 bits per heavy atom. The van der Waals surface area contributed by atoms with Gasteiger partial charge in [0.1, 0.15) is 40.9 Å². The van der Waals surface area contributed by atoms with Crippen LogP contribution in [0.25, 0.3) is 10.8 Å². The number of aromatic nitrogens is 1. The second-order valence-corrected chi connectivity index (χ2v) is 18.8. The summed E-state index contributed by atoms with van der Waals surface area (Å²) in [6, 6.07) is 4.92. The SMILES string of the molecule is CCC(C)(C)N(C(=O)O)[C@@H]1C(=O)N2C[C@H](Oc3ncc(OC)c4ccccc34)C[C@H]2C(=O)N[C@]2(C(=O)NS(=O)(=O)C3(CF)CC3)C[C@H]2C=CCC[C@@H](C)C[C@H]1C. The third kappa shape index (κ3) is 7.64. The first kappa shape index (κ1) is 41.2. The minimum Gasteiger partial charge on any atom is -0.494 e. The van der Waals surface area contributed by atoms with Crippen molar-refractivity contribution >= 4 is 44.6 Å². The summed E-state index contributed by atoms with van der Waals surface area (Å²) >= 11 is 0. The van der Waals surface area contributed by atoms with E-state index in [-0.39, 0.29) is 44.0 Å². The Hall–Kier alpha value is -4.47. The van der Waals surface area contributed by atoms with E-state index < -0.39 is 86.4 Å². The third-order valence-electron chi connectivity index (χ3n) is 12.4. The molecule has 6 rings (SSSR count). The van der Waals surface area contributed by atoms with Crippen molar-refractivity contribution in [2.24, 2.45) is 17.8 Å². The maximum absolute atomic E-state index is 15.1. The van der Waals surface area contributed by atoms with Crippen molar-refractivity contribution in [2.75, 3.05) is 20.3 Å². The van der Waals surface area contributed by atoms with Crippen molar-refractivity contribution in [1.29, 1.82) is 0 Å². The van der Waals surface area contributed by atoms with Crippen LogP contribution in [0.15, 0.2) is 42.6 Å². The number of amides is 4. The Bertz CT molecular complexity index is 2010. The number of carboxylic acid groups (broad SMARTS) is 1. The largest absolute Gasteiger partial charge is 0.494 e. The highest BCUT2D eigenvalue weighted by molar-refractivity contribution is 7.91. The van der Waals surface area contributed by atoms with Crippen LogP contribution in [0.4, 0.5) is 9.18 Å². The number of benzene rings is 1. The number of hydrogen-bond acceptors (Lipinski definition) is 9. The number of fused-ring (bicyclic) bond motifs is 3. The molecule has 3 fully saturated rings. The van der Waals surface area contributed by atoms with Crippen LogP contribution in [0.2, 0.25) is 0 Å². The number of nitrogens with one attached hydrogen (secondary N) is 2. The molecule has 14 nitrogen and oxygen atoms in total. The Balaban J connectivity index is 1.40. The highest BCUT2D eigenvalue weighted by atomic mass is 32.2. The highest BCUT2D eigenvalue weighted by Gasteiger charge is 2.64. The molecule has 0 unspecified atom stereocenters. The van der Waals surface area contributed by atoms with E-state index in [0.717, 1.165) is 5.39 Å². The second-order valence-electron chi connectivity index (χ2n) is 16.8. The molecule has 2 aliphatic heterocycles. The summed E-state index contributed by atoms with van der Waals surface area (Å²) in [5.41, 5.74) is -2.63. The molecular weight excluding hydrogens is 746 g/mol. The molecule has 16 heteroatoms. The molecule has 4 aliphatic rings. The van der Waals surface area contributed by atoms with Gasteiger partial charge in [0, 0.05) is 28.7 Å². The Morgan fingerprint density at radius 1 is 1.16 bits per heavy atom. The van der Waals surface area contributed by atoms with Gasteiger partial charge in [-0.15, -0.1) is 0 Å². The molecule has 7 atom stereocenters. The van der Waals surface area contributed by atoms with Crippen LogP contribution in [0.1, 0.15) is 86.0 Å². The maximum Gasteiger partial charge on any atom is 0.408 e. The van der Waals surface area contributed by atoms with E-state index in [4.69, 9.17) is 9.47 Å². The lowest BCUT2D eigenvalue weighted by Crippen LogP contribution is -2.63. The van der Waals surface area contributed by atoms with E-state index in [0.29, 0.717) is 36.8 Å². The van der Waals surface area contributed by atoms with Gasteiger partial charge >= 0.3 is 6.09 Å². The van der Waals surface area contributed by atoms with E-state index in [9.17, 15) is 32.3 Å². The molecule has 3 N–H and O–H groups in total. The summed E-state index contributed by atoms with van der Waals surface area (Å²) in [7, 11) is -2.87. The average Bonchev–Trinajstić information content (AvgIpc) is 4.06. The first-order chi connectivity index (χ1) is 26.4. The molecule has 0 radical (unpaired) electrons. The summed E-state index contributed by atoms with van der Waals surface area (Å²) in [6.07, 6.45) is 5.59. The number of ether oxygens (including phenoxy) is 2. The number of nitrogens with zero attached hydrogens (tertiary/aromatic N) is 3. The number of carbonyl (C=O) groups is 4. The zero-order valence-electron chi connectivity index (χ0n) is 32.9. The molecule has 0 spiro atoms. The second kappa shape index (κ2) is 15.5. The Kier molecular flexibility index (Phi) is 11.4. The number of methoxy groups -OCH3 is 1. The molecule has 0 bridgehead atoms. The van der Waals surface area contributed by atoms with Gasteiger partial charge in [-0.1, -0.05) is 51.1 Å². The topological polar surface area (TPSA) is 185 Å². The fourth-order valence-electron chi connectivity index (χ4n) is 8.38. The molecule has 306 valence electrons. The van der Waals surface area contributed by atoms with Crippen LogP contribution in [0.5, 0.6) is 11.6 Å². The number of alkyl halides is 1. The molecule has 2 aromatic rings. The van der Waals surface area contributed by atoms with Crippen LogP contribution in [0, 0.1) is 17.8 Å². The number of allylic oxidation sites excluding steroid dienone is 1. The summed E-state index contributed by atoms with van der Waals surface area (Å²) in [5.74, 6) is -2.44. The smallest absolute Gasteiger partial charge is 0.408 e. The van der Waals surface area contributed by atoms with Crippen molar-refractivity contribution in [3.05, 3.63) is 42.6 Å². The third-order valence-corrected chi connectivity index (χ3v) is 14.6. The predicted molar refractivity (Wildman–Crippen MR) is 206 cm³/mol. The van der Waals surface area contributed by atoms with Gasteiger partial charge in [0.05, 0.1) is 19.9 Å². The predicted octanol–water partition coefficient (Wildman–Crippen LogP) is 4.96. The number of sulfonamides is 1. The summed E-state index contributed by atoms with van der Waals surface area (Å²) in [6.45, 7) is 8.04. The molecule has 4 amide bonds. The van der Waals surface area contributed by atoms with Crippen molar-refractivity contribution in [3.63, 3.8) is 0 Å². The quantitative estimate of drug-likeness (QED) is 0.278. The fourth-order valence-corrected chi connectivity index (χ4v) is 9.80. The van der Waals surface area contributed by atoms with Crippen LogP contribution < -0.4 is 19.5 Å². The normalized spacial score (nSPS) is 29.2. The van der Waals surface area contributed by atoms with E-state index in [1.54, 1.807) is 19.9 Å². The molecule has 2 aliphatic carbocycles. The van der Waals surface area contributed by atoms with E-state index in [1.165, 1.54) is 23.1 Å². The van der Waals surface area contributed by atoms with E-state index >= 15 is 4.79 Å². The molecule has 1 saturated heterocycles. The van der Waals surface area contributed by atoms with Crippen LogP contribution in [0.3, 0.4) is 0 Å². The lowest BCUT2D eigenvalue weighted by atomic mass is 9.84. The molecular formula is C40H54FN5O9S. The Morgan fingerprint density at radius 2 is 1.86 bits per heavy atom. The minimum absolute atomic E-state index is 0.0389. The first-order valence-corrected chi connectivity index (χ1v) is 20.9. The maximum atomic E-state index is 15.1. The van der Waals surface area contributed by atoms with Gasteiger partial charge in [-0.3, -0.25) is 24.0 Å². The van der Waals surface area contributed by atoms with Gasteiger partial charge < -0.3 is 24.8 Å².